The third-order valence-electron chi connectivity index (χ3n) is 1.84. The number of ketones is 1. The summed E-state index contributed by atoms with van der Waals surface area (Å²) in [7, 11) is 0. The number of rotatable bonds is 4. The van der Waals surface area contributed by atoms with Crippen LogP contribution >= 0.6 is 40.2 Å². The molecule has 1 nitrogen and oxygen atoms in total. The Labute approximate surface area is 102 Å². The summed E-state index contributed by atoms with van der Waals surface area (Å²) >= 11 is 13.1. The quantitative estimate of drug-likeness (QED) is 0.666. The van der Waals surface area contributed by atoms with Gasteiger partial charge in [-0.1, -0.05) is 28.1 Å². The molecule has 0 radical (unpaired) electrons. The zero-order chi connectivity index (χ0) is 10.6. The first-order valence-electron chi connectivity index (χ1n) is 4.11. The van der Waals surface area contributed by atoms with Crippen molar-refractivity contribution in [2.75, 3.05) is 5.88 Å². The Morgan fingerprint density at radius 2 is 2.21 bits per heavy atom. The number of carbonyl (C=O) groups is 1. The summed E-state index contributed by atoms with van der Waals surface area (Å²) in [4.78, 5) is 12.0. The van der Waals surface area contributed by atoms with Gasteiger partial charge in [-0.25, -0.2) is 0 Å². The van der Waals surface area contributed by atoms with E-state index in [1.165, 1.54) is 0 Å². The lowest BCUT2D eigenvalue weighted by Gasteiger charge is -2.04. The summed E-state index contributed by atoms with van der Waals surface area (Å²) in [6, 6.07) is 5.77. The molecule has 0 spiro atoms. The average molecular weight is 294 g/mol. The van der Waals surface area contributed by atoms with Crippen molar-refractivity contribution in [2.24, 2.45) is 0 Å². The molecule has 1 rings (SSSR count). The lowest BCUT2D eigenvalue weighted by atomic mass is 10.1. The smallest absolute Gasteiger partial charge is 0.151 e. The minimum atomic E-state index is 0.0408. The standard InChI is InChI=1S/C10H10BrClOS/c11-5-8-3-7(1-2-10(8)14)4-9(13)6-12/h1-3,14H,4-6H2. The highest BCUT2D eigenvalue weighted by atomic mass is 79.9. The van der Waals surface area contributed by atoms with Gasteiger partial charge in [0.15, 0.2) is 5.78 Å². The molecule has 0 aliphatic heterocycles. The number of alkyl halides is 2. The average Bonchev–Trinajstić information content (AvgIpc) is 2.20. The van der Waals surface area contributed by atoms with Crippen LogP contribution in [0.4, 0.5) is 0 Å². The minimum absolute atomic E-state index is 0.0408. The summed E-state index contributed by atoms with van der Waals surface area (Å²) in [5.74, 6) is 0.117. The van der Waals surface area contributed by atoms with Crippen LogP contribution < -0.4 is 0 Å². The number of benzene rings is 1. The number of thiol groups is 1. The molecule has 4 heteroatoms. The third-order valence-corrected chi connectivity index (χ3v) is 3.18. The van der Waals surface area contributed by atoms with Crippen molar-refractivity contribution in [3.8, 4) is 0 Å². The first-order chi connectivity index (χ1) is 6.67. The van der Waals surface area contributed by atoms with Crippen molar-refractivity contribution < 1.29 is 4.79 Å². The van der Waals surface area contributed by atoms with E-state index in [-0.39, 0.29) is 11.7 Å². The van der Waals surface area contributed by atoms with Gasteiger partial charge >= 0.3 is 0 Å². The second kappa shape index (κ2) is 5.79. The van der Waals surface area contributed by atoms with Gasteiger partial charge in [0.2, 0.25) is 0 Å². The molecule has 1 aromatic rings. The number of Topliss-reactive ketones (excluding diaryl/α,β-unsaturated/α-hetero) is 1. The maximum atomic E-state index is 11.1. The molecule has 0 saturated heterocycles. The van der Waals surface area contributed by atoms with E-state index < -0.39 is 0 Å². The molecule has 0 aromatic heterocycles. The van der Waals surface area contributed by atoms with Gasteiger partial charge in [0.25, 0.3) is 0 Å². The predicted molar refractivity (Wildman–Crippen MR) is 65.8 cm³/mol. The zero-order valence-electron chi connectivity index (χ0n) is 7.46. The van der Waals surface area contributed by atoms with Crippen LogP contribution in [-0.4, -0.2) is 11.7 Å². The minimum Gasteiger partial charge on any atom is -0.298 e. The van der Waals surface area contributed by atoms with Crippen LogP contribution in [0, 0.1) is 0 Å². The molecule has 0 atom stereocenters. The Hall–Kier alpha value is 0.01000. The molecule has 0 saturated carbocycles. The summed E-state index contributed by atoms with van der Waals surface area (Å²) in [6.07, 6.45) is 0.400. The van der Waals surface area contributed by atoms with E-state index in [4.69, 9.17) is 11.6 Å². The van der Waals surface area contributed by atoms with Crippen molar-refractivity contribution in [3.63, 3.8) is 0 Å². The largest absolute Gasteiger partial charge is 0.298 e. The molecule has 0 aliphatic rings. The van der Waals surface area contributed by atoms with E-state index in [0.717, 1.165) is 21.4 Å². The first kappa shape index (κ1) is 12.1. The fraction of sp³-hybridized carbons (Fsp3) is 0.300. The third kappa shape index (κ3) is 3.30. The molecule has 76 valence electrons. The summed E-state index contributed by atoms with van der Waals surface area (Å²) in [5, 5.41) is 0.745. The molecular formula is C10H10BrClOS. The van der Waals surface area contributed by atoms with Crippen LogP contribution in [0.1, 0.15) is 11.1 Å². The molecular weight excluding hydrogens is 284 g/mol. The Balaban J connectivity index is 2.84. The highest BCUT2D eigenvalue weighted by Gasteiger charge is 2.04. The first-order valence-corrected chi connectivity index (χ1v) is 6.22. The molecule has 0 bridgehead atoms. The Kier molecular flexibility index (Phi) is 4.99. The van der Waals surface area contributed by atoms with Gasteiger partial charge < -0.3 is 0 Å². The maximum Gasteiger partial charge on any atom is 0.151 e. The van der Waals surface area contributed by atoms with Crippen LogP contribution in [0.15, 0.2) is 23.1 Å². The fourth-order valence-corrected chi connectivity index (χ4v) is 2.12. The van der Waals surface area contributed by atoms with Gasteiger partial charge in [0.05, 0.1) is 5.88 Å². The van der Waals surface area contributed by atoms with E-state index in [2.05, 4.69) is 28.6 Å². The van der Waals surface area contributed by atoms with Gasteiger partial charge in [0.1, 0.15) is 0 Å². The van der Waals surface area contributed by atoms with Crippen molar-refractivity contribution in [2.45, 2.75) is 16.6 Å². The molecule has 0 fully saturated rings. The predicted octanol–water partition coefficient (Wildman–Crippen LogP) is 3.22. The van der Waals surface area contributed by atoms with E-state index in [0.29, 0.717) is 6.42 Å². The van der Waals surface area contributed by atoms with Crippen LogP contribution in [0.5, 0.6) is 0 Å². The Morgan fingerprint density at radius 3 is 2.79 bits per heavy atom. The van der Waals surface area contributed by atoms with Crippen molar-refractivity contribution in [1.82, 2.24) is 0 Å². The maximum absolute atomic E-state index is 11.1. The Morgan fingerprint density at radius 1 is 1.50 bits per heavy atom. The SMILES string of the molecule is O=C(CCl)Cc1ccc(S)c(CBr)c1. The highest BCUT2D eigenvalue weighted by molar-refractivity contribution is 9.08. The topological polar surface area (TPSA) is 17.1 Å². The van der Waals surface area contributed by atoms with E-state index >= 15 is 0 Å². The lowest BCUT2D eigenvalue weighted by molar-refractivity contribution is -0.116. The van der Waals surface area contributed by atoms with E-state index in [9.17, 15) is 4.79 Å². The van der Waals surface area contributed by atoms with Crippen molar-refractivity contribution in [1.29, 1.82) is 0 Å². The molecule has 0 heterocycles. The van der Waals surface area contributed by atoms with E-state index in [1.54, 1.807) is 0 Å². The second-order valence-electron chi connectivity index (χ2n) is 2.95. The number of halogens is 2. The molecule has 0 amide bonds. The number of hydrogen-bond donors (Lipinski definition) is 1. The van der Waals surface area contributed by atoms with Crippen molar-refractivity contribution in [3.05, 3.63) is 29.3 Å². The van der Waals surface area contributed by atoms with Crippen LogP contribution in [0.3, 0.4) is 0 Å². The van der Waals surface area contributed by atoms with Gasteiger partial charge in [-0.15, -0.1) is 24.2 Å². The molecule has 1 aromatic carbocycles. The summed E-state index contributed by atoms with van der Waals surface area (Å²) in [6.45, 7) is 0. The Bertz CT molecular complexity index is 341. The van der Waals surface area contributed by atoms with Crippen LogP contribution in [-0.2, 0) is 16.5 Å². The van der Waals surface area contributed by atoms with Gasteiger partial charge in [-0.2, -0.15) is 0 Å². The fourth-order valence-electron chi connectivity index (χ4n) is 1.13. The molecule has 0 aliphatic carbocycles. The number of carbonyl (C=O) groups excluding carboxylic acids is 1. The van der Waals surface area contributed by atoms with Gasteiger partial charge in [-0.3, -0.25) is 4.79 Å². The molecule has 14 heavy (non-hydrogen) atoms. The lowest BCUT2D eigenvalue weighted by Crippen LogP contribution is -2.04. The number of hydrogen-bond acceptors (Lipinski definition) is 2. The summed E-state index contributed by atoms with van der Waals surface area (Å²) < 4.78 is 0. The monoisotopic (exact) mass is 292 g/mol. The molecule has 0 N–H and O–H groups in total. The normalized spacial score (nSPS) is 10.2. The second-order valence-corrected chi connectivity index (χ2v) is 4.26. The van der Waals surface area contributed by atoms with Gasteiger partial charge in [0, 0.05) is 16.6 Å². The van der Waals surface area contributed by atoms with Crippen LogP contribution in [0.25, 0.3) is 0 Å². The molecule has 0 unspecified atom stereocenters. The van der Waals surface area contributed by atoms with E-state index in [1.807, 2.05) is 18.2 Å². The zero-order valence-corrected chi connectivity index (χ0v) is 10.7. The van der Waals surface area contributed by atoms with Crippen molar-refractivity contribution >= 4 is 45.9 Å². The van der Waals surface area contributed by atoms with Gasteiger partial charge in [-0.05, 0) is 17.2 Å². The summed E-state index contributed by atoms with van der Waals surface area (Å²) in [5.41, 5.74) is 2.08. The van der Waals surface area contributed by atoms with Crippen LogP contribution in [0.2, 0.25) is 0 Å². The highest BCUT2D eigenvalue weighted by Crippen LogP contribution is 2.19.